The molecule has 0 saturated heterocycles. The summed E-state index contributed by atoms with van der Waals surface area (Å²) in [4.78, 5) is 23.4. The zero-order chi connectivity index (χ0) is 16.6. The van der Waals surface area contributed by atoms with Crippen molar-refractivity contribution in [1.29, 1.82) is 0 Å². The van der Waals surface area contributed by atoms with Crippen LogP contribution in [0.15, 0.2) is 51.4 Å². The van der Waals surface area contributed by atoms with E-state index in [2.05, 4.69) is 21.2 Å². The number of benzene rings is 2. The molecule has 3 rings (SSSR count). The van der Waals surface area contributed by atoms with Gasteiger partial charge in [-0.1, -0.05) is 12.1 Å². The molecule has 7 heteroatoms. The number of para-hydroxylation sites is 1. The third kappa shape index (κ3) is 2.95. The first-order valence-corrected chi connectivity index (χ1v) is 7.34. The van der Waals surface area contributed by atoms with Gasteiger partial charge >= 0.3 is 0 Å². The van der Waals surface area contributed by atoms with Gasteiger partial charge in [0.15, 0.2) is 5.76 Å². The number of carbonyl (C=O) groups is 2. The molecule has 0 bridgehead atoms. The molecule has 0 atom stereocenters. The molecule has 0 unspecified atom stereocenters. The first-order valence-electron chi connectivity index (χ1n) is 6.54. The standard InChI is InChI=1S/C16H10BrFN2O3/c17-11-3-1-2-8-6-13(23-14(8)11)16(22)20-9-4-5-12(18)10(7-9)15(19)21/h1-7H,(H2,19,21)(H,20,22). The van der Waals surface area contributed by atoms with Crippen molar-refractivity contribution in [3.8, 4) is 0 Å². The second-order valence-corrected chi connectivity index (χ2v) is 5.64. The van der Waals surface area contributed by atoms with Gasteiger partial charge in [0.05, 0.1) is 10.0 Å². The Balaban J connectivity index is 1.90. The second-order valence-electron chi connectivity index (χ2n) is 4.78. The van der Waals surface area contributed by atoms with Gasteiger partial charge in [-0.25, -0.2) is 4.39 Å². The van der Waals surface area contributed by atoms with E-state index in [-0.39, 0.29) is 17.0 Å². The maximum atomic E-state index is 13.4. The lowest BCUT2D eigenvalue weighted by molar-refractivity contribution is 0.0987. The highest BCUT2D eigenvalue weighted by Gasteiger charge is 2.15. The van der Waals surface area contributed by atoms with Crippen molar-refractivity contribution in [2.24, 2.45) is 5.73 Å². The molecule has 0 fully saturated rings. The molecule has 116 valence electrons. The lowest BCUT2D eigenvalue weighted by Crippen LogP contribution is -2.15. The number of nitrogens with two attached hydrogens (primary N) is 1. The van der Waals surface area contributed by atoms with Crippen LogP contribution in [0.1, 0.15) is 20.9 Å². The third-order valence-electron chi connectivity index (χ3n) is 3.21. The summed E-state index contributed by atoms with van der Waals surface area (Å²) in [5, 5.41) is 3.30. The number of hydrogen-bond donors (Lipinski definition) is 2. The van der Waals surface area contributed by atoms with Gasteiger partial charge < -0.3 is 15.5 Å². The Morgan fingerprint density at radius 3 is 2.65 bits per heavy atom. The van der Waals surface area contributed by atoms with Crippen molar-refractivity contribution >= 4 is 44.4 Å². The van der Waals surface area contributed by atoms with Gasteiger partial charge in [0.1, 0.15) is 11.4 Å². The number of amides is 2. The lowest BCUT2D eigenvalue weighted by Gasteiger charge is -2.05. The fourth-order valence-corrected chi connectivity index (χ4v) is 2.59. The first kappa shape index (κ1) is 15.2. The summed E-state index contributed by atoms with van der Waals surface area (Å²) in [6, 6.07) is 10.6. The molecule has 0 aliphatic heterocycles. The average Bonchev–Trinajstić information content (AvgIpc) is 2.94. The van der Waals surface area contributed by atoms with Crippen LogP contribution in [0.5, 0.6) is 0 Å². The predicted octanol–water partition coefficient (Wildman–Crippen LogP) is 3.69. The van der Waals surface area contributed by atoms with Crippen LogP contribution in [-0.4, -0.2) is 11.8 Å². The van der Waals surface area contributed by atoms with Crippen LogP contribution in [0.3, 0.4) is 0 Å². The van der Waals surface area contributed by atoms with E-state index in [1.54, 1.807) is 12.1 Å². The average molecular weight is 377 g/mol. The number of hydrogen-bond acceptors (Lipinski definition) is 3. The van der Waals surface area contributed by atoms with Crippen LogP contribution >= 0.6 is 15.9 Å². The summed E-state index contributed by atoms with van der Waals surface area (Å²) in [5.74, 6) is -2.08. The van der Waals surface area contributed by atoms with Crippen LogP contribution in [0.4, 0.5) is 10.1 Å². The van der Waals surface area contributed by atoms with E-state index in [0.29, 0.717) is 5.58 Å². The molecule has 0 aliphatic rings. The topological polar surface area (TPSA) is 85.3 Å². The monoisotopic (exact) mass is 376 g/mol. The summed E-state index contributed by atoms with van der Waals surface area (Å²) < 4.78 is 19.7. The van der Waals surface area contributed by atoms with Gasteiger partial charge in [-0.15, -0.1) is 0 Å². The highest BCUT2D eigenvalue weighted by atomic mass is 79.9. The highest BCUT2D eigenvalue weighted by molar-refractivity contribution is 9.10. The van der Waals surface area contributed by atoms with Crippen molar-refractivity contribution in [1.82, 2.24) is 0 Å². The molecule has 0 aliphatic carbocycles. The largest absolute Gasteiger partial charge is 0.450 e. The minimum Gasteiger partial charge on any atom is -0.450 e. The summed E-state index contributed by atoms with van der Waals surface area (Å²) in [7, 11) is 0. The summed E-state index contributed by atoms with van der Waals surface area (Å²) >= 11 is 3.34. The fourth-order valence-electron chi connectivity index (χ4n) is 2.12. The quantitative estimate of drug-likeness (QED) is 0.730. The van der Waals surface area contributed by atoms with E-state index in [1.807, 2.05) is 12.1 Å². The highest BCUT2D eigenvalue weighted by Crippen LogP contribution is 2.27. The fraction of sp³-hybridized carbons (Fsp3) is 0. The van der Waals surface area contributed by atoms with Gasteiger partial charge in [-0.05, 0) is 46.3 Å². The lowest BCUT2D eigenvalue weighted by atomic mass is 10.1. The molecule has 3 N–H and O–H groups in total. The first-order chi connectivity index (χ1) is 11.0. The van der Waals surface area contributed by atoms with E-state index >= 15 is 0 Å². The predicted molar refractivity (Wildman–Crippen MR) is 86.8 cm³/mol. The number of halogens is 2. The van der Waals surface area contributed by atoms with Gasteiger partial charge in [0.2, 0.25) is 0 Å². The van der Waals surface area contributed by atoms with Crippen LogP contribution in [0.25, 0.3) is 11.0 Å². The molecular weight excluding hydrogens is 367 g/mol. The van der Waals surface area contributed by atoms with Gasteiger partial charge in [0, 0.05) is 11.1 Å². The van der Waals surface area contributed by atoms with E-state index in [4.69, 9.17) is 10.2 Å². The Hall–Kier alpha value is -2.67. The van der Waals surface area contributed by atoms with Gasteiger partial charge in [-0.3, -0.25) is 9.59 Å². The Bertz CT molecular complexity index is 936. The smallest absolute Gasteiger partial charge is 0.291 e. The minimum absolute atomic E-state index is 0.0943. The Kier molecular flexibility index (Phi) is 3.87. The van der Waals surface area contributed by atoms with E-state index in [1.165, 1.54) is 12.1 Å². The minimum atomic E-state index is -0.911. The third-order valence-corrected chi connectivity index (χ3v) is 3.83. The SMILES string of the molecule is NC(=O)c1cc(NC(=O)c2cc3cccc(Br)c3o2)ccc1F. The van der Waals surface area contributed by atoms with E-state index in [9.17, 15) is 14.0 Å². The Morgan fingerprint density at radius 2 is 1.96 bits per heavy atom. The molecule has 0 radical (unpaired) electrons. The van der Waals surface area contributed by atoms with Gasteiger partial charge in [-0.2, -0.15) is 0 Å². The van der Waals surface area contributed by atoms with Crippen molar-refractivity contribution in [3.05, 3.63) is 64.1 Å². The number of carbonyl (C=O) groups excluding carboxylic acids is 2. The number of fused-ring (bicyclic) bond motifs is 1. The molecule has 0 saturated carbocycles. The number of rotatable bonds is 3. The van der Waals surface area contributed by atoms with Crippen molar-refractivity contribution in [2.75, 3.05) is 5.32 Å². The Labute approximate surface area is 138 Å². The molecule has 3 aromatic rings. The van der Waals surface area contributed by atoms with Crippen molar-refractivity contribution in [3.63, 3.8) is 0 Å². The molecular formula is C16H10BrFN2O3. The zero-order valence-electron chi connectivity index (χ0n) is 11.6. The zero-order valence-corrected chi connectivity index (χ0v) is 13.2. The van der Waals surface area contributed by atoms with Crippen LogP contribution in [0.2, 0.25) is 0 Å². The van der Waals surface area contributed by atoms with Gasteiger partial charge in [0.25, 0.3) is 11.8 Å². The van der Waals surface area contributed by atoms with E-state index in [0.717, 1.165) is 15.9 Å². The van der Waals surface area contributed by atoms with Crippen LogP contribution in [0, 0.1) is 5.82 Å². The van der Waals surface area contributed by atoms with Crippen molar-refractivity contribution in [2.45, 2.75) is 0 Å². The molecule has 1 aromatic heterocycles. The second kappa shape index (κ2) is 5.85. The number of anilines is 1. The molecule has 23 heavy (non-hydrogen) atoms. The molecule has 0 spiro atoms. The van der Waals surface area contributed by atoms with E-state index < -0.39 is 17.6 Å². The molecule has 2 amide bonds. The molecule has 2 aromatic carbocycles. The summed E-state index contributed by atoms with van der Waals surface area (Å²) in [5.41, 5.74) is 5.57. The summed E-state index contributed by atoms with van der Waals surface area (Å²) in [6.07, 6.45) is 0. The maximum Gasteiger partial charge on any atom is 0.291 e. The number of nitrogens with one attached hydrogen (secondary N) is 1. The molecule has 5 nitrogen and oxygen atoms in total. The molecule has 1 heterocycles. The maximum absolute atomic E-state index is 13.4. The number of furan rings is 1. The van der Waals surface area contributed by atoms with Crippen LogP contribution < -0.4 is 11.1 Å². The normalized spacial score (nSPS) is 10.7. The number of primary amides is 1. The summed E-state index contributed by atoms with van der Waals surface area (Å²) in [6.45, 7) is 0. The van der Waals surface area contributed by atoms with Crippen molar-refractivity contribution < 1.29 is 18.4 Å². The Morgan fingerprint density at radius 1 is 1.17 bits per heavy atom. The van der Waals surface area contributed by atoms with Crippen LogP contribution in [-0.2, 0) is 0 Å².